The largest absolute Gasteiger partial charge is 0.492 e. The molecule has 0 heterocycles. The zero-order valence-electron chi connectivity index (χ0n) is 10.2. The molecule has 0 spiro atoms. The molecule has 20 heavy (non-hydrogen) atoms. The van der Waals surface area contributed by atoms with Crippen molar-refractivity contribution >= 4 is 24.2 Å². The van der Waals surface area contributed by atoms with E-state index in [1.165, 1.54) is 24.3 Å². The first-order valence-electron chi connectivity index (χ1n) is 5.69. The van der Waals surface area contributed by atoms with Crippen molar-refractivity contribution in [2.24, 2.45) is 0 Å². The monoisotopic (exact) mass is 298 g/mol. The first kappa shape index (κ1) is 14.8. The Balaban J connectivity index is 2.22. The molecule has 0 radical (unpaired) electrons. The minimum atomic E-state index is -1.80. The molecule has 2 N–H and O–H groups in total. The Morgan fingerprint density at radius 1 is 1.05 bits per heavy atom. The Labute approximate surface area is 119 Å². The molecular weight excluding hydrogens is 288 g/mol. The second kappa shape index (κ2) is 6.22. The number of hydrogen-bond donors (Lipinski definition) is 2. The number of ether oxygens (including phenoxy) is 1. The van der Waals surface area contributed by atoms with Crippen molar-refractivity contribution in [3.05, 3.63) is 58.6 Å². The van der Waals surface area contributed by atoms with Crippen LogP contribution in [0.5, 0.6) is 5.75 Å². The van der Waals surface area contributed by atoms with Crippen LogP contribution in [0.4, 0.5) is 8.78 Å². The maximum atomic E-state index is 13.2. The molecule has 0 atom stereocenters. The van der Waals surface area contributed by atoms with E-state index in [9.17, 15) is 8.78 Å². The standard InChI is InChI=1S/C13H10BClF2O3/c15-12-4-2-9(16)5-8(12)7-20-13-6-10(17)1-3-11(13)14(18)19/h1-6,18-19H,7H2. The van der Waals surface area contributed by atoms with Crippen LogP contribution in [0.25, 0.3) is 0 Å². The van der Waals surface area contributed by atoms with E-state index >= 15 is 0 Å². The normalized spacial score (nSPS) is 10.4. The third-order valence-corrected chi connectivity index (χ3v) is 3.01. The van der Waals surface area contributed by atoms with Gasteiger partial charge in [0.15, 0.2) is 0 Å². The molecule has 0 saturated heterocycles. The van der Waals surface area contributed by atoms with Gasteiger partial charge in [-0.2, -0.15) is 0 Å². The Hall–Kier alpha value is -1.63. The van der Waals surface area contributed by atoms with Gasteiger partial charge in [0.1, 0.15) is 24.0 Å². The summed E-state index contributed by atoms with van der Waals surface area (Å²) < 4.78 is 31.5. The van der Waals surface area contributed by atoms with Crippen LogP contribution in [0, 0.1) is 11.6 Å². The van der Waals surface area contributed by atoms with Crippen molar-refractivity contribution in [2.75, 3.05) is 0 Å². The lowest BCUT2D eigenvalue weighted by Gasteiger charge is -2.12. The van der Waals surface area contributed by atoms with Crippen molar-refractivity contribution in [3.8, 4) is 5.75 Å². The van der Waals surface area contributed by atoms with Crippen LogP contribution in [0.1, 0.15) is 5.56 Å². The third-order valence-electron chi connectivity index (χ3n) is 2.64. The first-order valence-corrected chi connectivity index (χ1v) is 6.07. The van der Waals surface area contributed by atoms with Crippen molar-refractivity contribution in [2.45, 2.75) is 6.61 Å². The summed E-state index contributed by atoms with van der Waals surface area (Å²) >= 11 is 5.88. The van der Waals surface area contributed by atoms with Gasteiger partial charge in [0.05, 0.1) is 0 Å². The highest BCUT2D eigenvalue weighted by molar-refractivity contribution is 6.59. The first-order chi connectivity index (χ1) is 9.47. The Morgan fingerprint density at radius 2 is 1.70 bits per heavy atom. The number of rotatable bonds is 4. The lowest BCUT2D eigenvalue weighted by atomic mass is 9.79. The summed E-state index contributed by atoms with van der Waals surface area (Å²) in [6.45, 7) is -0.125. The molecule has 0 aromatic heterocycles. The van der Waals surface area contributed by atoms with Crippen molar-refractivity contribution in [1.82, 2.24) is 0 Å². The zero-order chi connectivity index (χ0) is 14.7. The van der Waals surface area contributed by atoms with Crippen LogP contribution < -0.4 is 10.2 Å². The Kier molecular flexibility index (Phi) is 4.59. The van der Waals surface area contributed by atoms with Crippen LogP contribution in [0.2, 0.25) is 5.02 Å². The molecular formula is C13H10BClF2O3. The molecule has 0 bridgehead atoms. The van der Waals surface area contributed by atoms with E-state index in [4.69, 9.17) is 26.4 Å². The van der Waals surface area contributed by atoms with E-state index in [0.717, 1.165) is 12.1 Å². The molecule has 2 rings (SSSR count). The maximum Gasteiger partial charge on any atom is 0.492 e. The predicted molar refractivity (Wildman–Crippen MR) is 72.0 cm³/mol. The average molecular weight is 298 g/mol. The topological polar surface area (TPSA) is 49.7 Å². The Bertz CT molecular complexity index is 623. The van der Waals surface area contributed by atoms with E-state index in [-0.39, 0.29) is 17.8 Å². The summed E-state index contributed by atoms with van der Waals surface area (Å²) in [5.41, 5.74) is 0.383. The number of halogens is 3. The Morgan fingerprint density at radius 3 is 2.40 bits per heavy atom. The summed E-state index contributed by atoms with van der Waals surface area (Å²) in [4.78, 5) is 0. The van der Waals surface area contributed by atoms with Crippen LogP contribution in [0.3, 0.4) is 0 Å². The van der Waals surface area contributed by atoms with Gasteiger partial charge in [0.2, 0.25) is 0 Å². The van der Waals surface area contributed by atoms with Crippen molar-refractivity contribution < 1.29 is 23.6 Å². The fourth-order valence-electron chi connectivity index (χ4n) is 1.66. The van der Waals surface area contributed by atoms with Crippen LogP contribution in [-0.2, 0) is 6.61 Å². The maximum absolute atomic E-state index is 13.2. The van der Waals surface area contributed by atoms with E-state index in [1.807, 2.05) is 0 Å². The quantitative estimate of drug-likeness (QED) is 0.847. The molecule has 0 saturated carbocycles. The second-order valence-electron chi connectivity index (χ2n) is 4.08. The van der Waals surface area contributed by atoms with Crippen LogP contribution >= 0.6 is 11.6 Å². The van der Waals surface area contributed by atoms with E-state index in [2.05, 4.69) is 0 Å². The molecule has 0 fully saturated rings. The van der Waals surface area contributed by atoms with Gasteiger partial charge in [0, 0.05) is 22.1 Å². The van der Waals surface area contributed by atoms with E-state index in [1.54, 1.807) is 0 Å². The molecule has 2 aromatic rings. The molecule has 0 aliphatic rings. The summed E-state index contributed by atoms with van der Waals surface area (Å²) in [6.07, 6.45) is 0. The highest BCUT2D eigenvalue weighted by Gasteiger charge is 2.18. The third kappa shape index (κ3) is 3.48. The highest BCUT2D eigenvalue weighted by Crippen LogP contribution is 2.20. The lowest BCUT2D eigenvalue weighted by Crippen LogP contribution is -2.31. The van der Waals surface area contributed by atoms with Gasteiger partial charge in [-0.05, 0) is 24.3 Å². The van der Waals surface area contributed by atoms with Crippen molar-refractivity contribution in [3.63, 3.8) is 0 Å². The van der Waals surface area contributed by atoms with Gasteiger partial charge in [-0.25, -0.2) is 8.78 Å². The van der Waals surface area contributed by atoms with Gasteiger partial charge in [-0.3, -0.25) is 0 Å². The van der Waals surface area contributed by atoms with Gasteiger partial charge < -0.3 is 14.8 Å². The minimum Gasteiger partial charge on any atom is -0.489 e. The summed E-state index contributed by atoms with van der Waals surface area (Å²) in [5, 5.41) is 18.6. The second-order valence-corrected chi connectivity index (χ2v) is 4.49. The molecule has 0 amide bonds. The van der Waals surface area contributed by atoms with Gasteiger partial charge in [0.25, 0.3) is 0 Å². The van der Waals surface area contributed by atoms with Crippen LogP contribution in [0.15, 0.2) is 36.4 Å². The number of benzene rings is 2. The molecule has 3 nitrogen and oxygen atoms in total. The smallest absolute Gasteiger partial charge is 0.489 e. The van der Waals surface area contributed by atoms with Gasteiger partial charge >= 0.3 is 7.12 Å². The molecule has 7 heteroatoms. The summed E-state index contributed by atoms with van der Waals surface area (Å²) in [5.74, 6) is -1.11. The summed E-state index contributed by atoms with van der Waals surface area (Å²) in [6, 6.07) is 7.07. The van der Waals surface area contributed by atoms with E-state index < -0.39 is 18.8 Å². The molecule has 104 valence electrons. The lowest BCUT2D eigenvalue weighted by molar-refractivity contribution is 0.304. The fourth-order valence-corrected chi connectivity index (χ4v) is 1.83. The predicted octanol–water partition coefficient (Wildman–Crippen LogP) is 1.88. The molecule has 0 unspecified atom stereocenters. The summed E-state index contributed by atoms with van der Waals surface area (Å²) in [7, 11) is -1.80. The molecule has 2 aromatic carbocycles. The van der Waals surface area contributed by atoms with Crippen LogP contribution in [-0.4, -0.2) is 17.2 Å². The SMILES string of the molecule is OB(O)c1ccc(F)cc1OCc1cc(F)ccc1Cl. The fraction of sp³-hybridized carbons (Fsp3) is 0.0769. The molecule has 0 aliphatic carbocycles. The van der Waals surface area contributed by atoms with Crippen molar-refractivity contribution in [1.29, 1.82) is 0 Å². The minimum absolute atomic E-state index is 0.0129. The zero-order valence-corrected chi connectivity index (χ0v) is 10.9. The van der Waals surface area contributed by atoms with Gasteiger partial charge in [-0.1, -0.05) is 17.7 Å². The number of hydrogen-bond acceptors (Lipinski definition) is 3. The highest BCUT2D eigenvalue weighted by atomic mass is 35.5. The average Bonchev–Trinajstić information content (AvgIpc) is 2.39. The van der Waals surface area contributed by atoms with E-state index in [0.29, 0.717) is 10.6 Å². The van der Waals surface area contributed by atoms with Gasteiger partial charge in [-0.15, -0.1) is 0 Å². The molecule has 0 aliphatic heterocycles.